The fourth-order valence-corrected chi connectivity index (χ4v) is 1.36. The second-order valence-electron chi connectivity index (χ2n) is 3.32. The van der Waals surface area contributed by atoms with Crippen molar-refractivity contribution in [3.8, 4) is 11.3 Å². The normalized spacial score (nSPS) is 10.9. The predicted octanol–water partition coefficient (Wildman–Crippen LogP) is 3.70. The van der Waals surface area contributed by atoms with Gasteiger partial charge >= 0.3 is 6.18 Å². The Morgan fingerprint density at radius 2 is 1.89 bits per heavy atom. The van der Waals surface area contributed by atoms with Gasteiger partial charge in [-0.2, -0.15) is 13.2 Å². The molecule has 0 amide bonds. The van der Waals surface area contributed by atoms with Crippen LogP contribution < -0.4 is 0 Å². The molecule has 1 nitrogen and oxygen atoms in total. The number of alkyl halides is 3. The second kappa shape index (κ2) is 5.59. The van der Waals surface area contributed by atoms with Gasteiger partial charge in [-0.25, -0.2) is 0 Å². The first-order chi connectivity index (χ1) is 7.98. The van der Waals surface area contributed by atoms with E-state index in [0.717, 1.165) is 0 Å². The van der Waals surface area contributed by atoms with Crippen LogP contribution in [0.5, 0.6) is 0 Å². The number of nitrogens with zero attached hydrogens (tertiary/aromatic N) is 1. The van der Waals surface area contributed by atoms with Crippen molar-refractivity contribution >= 4 is 0 Å². The summed E-state index contributed by atoms with van der Waals surface area (Å²) >= 11 is 0. The van der Waals surface area contributed by atoms with Crippen molar-refractivity contribution in [3.63, 3.8) is 0 Å². The largest absolute Gasteiger partial charge is 0.402 e. The molecule has 1 aromatic carbocycles. The first-order valence-electron chi connectivity index (χ1n) is 4.68. The number of benzene rings is 1. The maximum Gasteiger partial charge on any atom is 0.402 e. The van der Waals surface area contributed by atoms with Crippen LogP contribution in [0.2, 0.25) is 0 Å². The van der Waals surface area contributed by atoms with E-state index in [9.17, 15) is 17.6 Å². The number of hydrogen-bond acceptors (Lipinski definition) is 1. The summed E-state index contributed by atoms with van der Waals surface area (Å²) in [5.41, 5.74) is -0.880. The molecular formula is C12H6F4IrN-. The van der Waals surface area contributed by atoms with Gasteiger partial charge in [0.1, 0.15) is 0 Å². The second-order valence-corrected chi connectivity index (χ2v) is 3.32. The Kier molecular flexibility index (Phi) is 4.59. The van der Waals surface area contributed by atoms with E-state index in [2.05, 4.69) is 11.1 Å². The average Bonchev–Trinajstić information content (AvgIpc) is 2.29. The number of aromatic nitrogens is 1. The molecule has 0 saturated carbocycles. The molecule has 0 N–H and O–H groups in total. The molecule has 0 aliphatic carbocycles. The third kappa shape index (κ3) is 3.15. The van der Waals surface area contributed by atoms with E-state index in [1.54, 1.807) is 12.1 Å². The summed E-state index contributed by atoms with van der Waals surface area (Å²) in [6.07, 6.45) is -3.28. The van der Waals surface area contributed by atoms with Gasteiger partial charge in [0.05, 0.1) is 0 Å². The number of pyridine rings is 1. The van der Waals surface area contributed by atoms with Gasteiger partial charge in [-0.3, -0.25) is 4.39 Å². The maximum atomic E-state index is 13.0. The molecule has 1 radical (unpaired) electrons. The molecule has 6 heteroatoms. The van der Waals surface area contributed by atoms with Crippen LogP contribution >= 0.6 is 0 Å². The molecule has 2 rings (SSSR count). The summed E-state index contributed by atoms with van der Waals surface area (Å²) in [6.45, 7) is 0. The summed E-state index contributed by atoms with van der Waals surface area (Å²) in [4.78, 5) is 3.88. The number of hydrogen-bond donors (Lipinski definition) is 0. The zero-order chi connectivity index (χ0) is 12.5. The van der Waals surface area contributed by atoms with Gasteiger partial charge in [0, 0.05) is 37.7 Å². The summed E-state index contributed by atoms with van der Waals surface area (Å²) in [7, 11) is 0. The standard InChI is InChI=1S/C12H6F4N.Ir/c13-10-5-4-8(7-9(10)12(14,15)16)11-3-1-2-6-17-11;/h1-3,5-7H;/q-1;. The van der Waals surface area contributed by atoms with E-state index in [4.69, 9.17) is 0 Å². The Morgan fingerprint density at radius 3 is 2.44 bits per heavy atom. The maximum absolute atomic E-state index is 13.0. The monoisotopic (exact) mass is 433 g/mol. The quantitative estimate of drug-likeness (QED) is 0.495. The topological polar surface area (TPSA) is 12.9 Å². The van der Waals surface area contributed by atoms with E-state index in [1.807, 2.05) is 0 Å². The molecule has 0 aliphatic heterocycles. The summed E-state index contributed by atoms with van der Waals surface area (Å²) in [6, 6.07) is 8.61. The van der Waals surface area contributed by atoms with Crippen LogP contribution in [0.4, 0.5) is 17.6 Å². The summed E-state index contributed by atoms with van der Waals surface area (Å²) < 4.78 is 50.4. The zero-order valence-corrected chi connectivity index (χ0v) is 11.2. The van der Waals surface area contributed by atoms with Crippen LogP contribution in [-0.4, -0.2) is 4.98 Å². The van der Waals surface area contributed by atoms with Crippen molar-refractivity contribution in [2.24, 2.45) is 0 Å². The van der Waals surface area contributed by atoms with Crippen molar-refractivity contribution in [1.29, 1.82) is 0 Å². The van der Waals surface area contributed by atoms with E-state index in [0.29, 0.717) is 17.8 Å². The van der Waals surface area contributed by atoms with Crippen molar-refractivity contribution in [1.82, 2.24) is 4.98 Å². The van der Waals surface area contributed by atoms with Crippen LogP contribution in [0.15, 0.2) is 36.5 Å². The smallest absolute Gasteiger partial charge is 0.305 e. The van der Waals surface area contributed by atoms with Crippen LogP contribution in [0.1, 0.15) is 5.56 Å². The van der Waals surface area contributed by atoms with E-state index >= 15 is 0 Å². The molecule has 97 valence electrons. The molecule has 1 aromatic heterocycles. The minimum Gasteiger partial charge on any atom is -0.305 e. The molecular weight excluding hydrogens is 426 g/mol. The summed E-state index contributed by atoms with van der Waals surface area (Å²) in [5, 5.41) is 0. The molecule has 0 fully saturated rings. The SMILES string of the molecule is Fc1c[c-]c(-c2ccccn2)cc1C(F)(F)F.[Ir]. The Labute approximate surface area is 114 Å². The van der Waals surface area contributed by atoms with Gasteiger partial charge in [-0.15, -0.1) is 23.8 Å². The number of rotatable bonds is 1. The summed E-state index contributed by atoms with van der Waals surface area (Å²) in [5.74, 6) is -1.34. The third-order valence-electron chi connectivity index (χ3n) is 2.15. The predicted molar refractivity (Wildman–Crippen MR) is 53.5 cm³/mol. The zero-order valence-electron chi connectivity index (χ0n) is 8.76. The van der Waals surface area contributed by atoms with Crippen LogP contribution in [0.25, 0.3) is 11.3 Å². The van der Waals surface area contributed by atoms with E-state index < -0.39 is 17.6 Å². The molecule has 2 aromatic rings. The Bertz CT molecular complexity index is 525. The van der Waals surface area contributed by atoms with E-state index in [-0.39, 0.29) is 25.7 Å². The Hall–Kier alpha value is -1.26. The van der Waals surface area contributed by atoms with Crippen LogP contribution in [0.3, 0.4) is 0 Å². The van der Waals surface area contributed by atoms with Crippen molar-refractivity contribution in [2.45, 2.75) is 6.18 Å². The minimum absolute atomic E-state index is 0. The van der Waals surface area contributed by atoms with Gasteiger partial charge in [0.25, 0.3) is 0 Å². The third-order valence-corrected chi connectivity index (χ3v) is 2.15. The minimum atomic E-state index is -4.72. The molecule has 0 spiro atoms. The van der Waals surface area contributed by atoms with E-state index in [1.165, 1.54) is 12.3 Å². The van der Waals surface area contributed by atoms with Crippen LogP contribution in [-0.2, 0) is 26.3 Å². The van der Waals surface area contributed by atoms with Crippen molar-refractivity contribution in [2.75, 3.05) is 0 Å². The Balaban J connectivity index is 0.00000162. The molecule has 0 aliphatic rings. The van der Waals surface area contributed by atoms with Crippen molar-refractivity contribution < 1.29 is 37.7 Å². The Morgan fingerprint density at radius 1 is 1.17 bits per heavy atom. The molecule has 0 bridgehead atoms. The first-order valence-corrected chi connectivity index (χ1v) is 4.68. The van der Waals surface area contributed by atoms with Crippen LogP contribution in [0, 0.1) is 11.9 Å². The van der Waals surface area contributed by atoms with Crippen molar-refractivity contribution in [3.05, 3.63) is 54.0 Å². The van der Waals surface area contributed by atoms with Gasteiger partial charge in [-0.05, 0) is 11.8 Å². The van der Waals surface area contributed by atoms with Gasteiger partial charge in [0.2, 0.25) is 0 Å². The molecule has 1 heterocycles. The number of halogens is 4. The fraction of sp³-hybridized carbons (Fsp3) is 0.0833. The molecule has 0 saturated heterocycles. The van der Waals surface area contributed by atoms with Gasteiger partial charge < -0.3 is 4.98 Å². The first kappa shape index (κ1) is 14.8. The average molecular weight is 432 g/mol. The molecule has 0 unspecified atom stereocenters. The van der Waals surface area contributed by atoms with Gasteiger partial charge in [0.15, 0.2) is 0 Å². The molecule has 18 heavy (non-hydrogen) atoms. The fourth-order valence-electron chi connectivity index (χ4n) is 1.36. The van der Waals surface area contributed by atoms with Gasteiger partial charge in [-0.1, -0.05) is 12.1 Å². The molecule has 0 atom stereocenters.